The lowest BCUT2D eigenvalue weighted by molar-refractivity contribution is 0.495. The number of hydrogen-bond acceptors (Lipinski definition) is 5. The van der Waals surface area contributed by atoms with Gasteiger partial charge in [0.25, 0.3) is 0 Å². The summed E-state index contributed by atoms with van der Waals surface area (Å²) in [6.45, 7) is 1.69. The van der Waals surface area contributed by atoms with Crippen molar-refractivity contribution >= 4 is 11.8 Å². The summed E-state index contributed by atoms with van der Waals surface area (Å²) in [7, 11) is 0. The number of nitrogen functional groups attached to an aromatic ring is 1. The molecule has 0 aliphatic carbocycles. The van der Waals surface area contributed by atoms with Crippen LogP contribution in [0, 0.1) is 5.82 Å². The maximum absolute atomic E-state index is 13.2. The van der Waals surface area contributed by atoms with Crippen LogP contribution in [0.25, 0.3) is 11.1 Å². The molecule has 4 rings (SSSR count). The molecule has 0 spiro atoms. The number of hydrogen-bond donors (Lipinski definition) is 2. The van der Waals surface area contributed by atoms with Gasteiger partial charge in [0.15, 0.2) is 0 Å². The largest absolute Gasteiger partial charge is 0.384 e. The number of benzene rings is 1. The topological polar surface area (TPSA) is 83.7 Å². The van der Waals surface area contributed by atoms with Gasteiger partial charge in [-0.1, -0.05) is 12.1 Å². The van der Waals surface area contributed by atoms with Crippen molar-refractivity contribution < 1.29 is 4.39 Å². The maximum atomic E-state index is 13.2. The molecule has 1 saturated heterocycles. The van der Waals surface area contributed by atoms with Gasteiger partial charge in [-0.05, 0) is 36.6 Å². The molecule has 2 aromatic heterocycles. The van der Waals surface area contributed by atoms with Crippen LogP contribution in [0.2, 0.25) is 0 Å². The predicted molar refractivity (Wildman–Crippen MR) is 94.6 cm³/mol. The average Bonchev–Trinajstić information content (AvgIpc) is 3.12. The Hall–Kier alpha value is -2.96. The summed E-state index contributed by atoms with van der Waals surface area (Å²) < 4.78 is 13.2. The summed E-state index contributed by atoms with van der Waals surface area (Å²) in [6, 6.07) is 8.20. The molecule has 0 unspecified atom stereocenters. The zero-order valence-electron chi connectivity index (χ0n) is 13.7. The highest BCUT2D eigenvalue weighted by molar-refractivity contribution is 5.66. The van der Waals surface area contributed by atoms with Crippen LogP contribution in [-0.4, -0.2) is 33.3 Å². The van der Waals surface area contributed by atoms with Gasteiger partial charge >= 0.3 is 0 Å². The van der Waals surface area contributed by atoms with Crippen molar-refractivity contribution in [2.75, 3.05) is 23.7 Å². The molecule has 1 atom stereocenters. The van der Waals surface area contributed by atoms with Gasteiger partial charge in [-0.15, -0.1) is 0 Å². The molecule has 1 fully saturated rings. The van der Waals surface area contributed by atoms with Gasteiger partial charge in [0.05, 0.1) is 6.20 Å². The minimum atomic E-state index is -0.239. The molecule has 3 heterocycles. The number of nitrogens with one attached hydrogen (secondary N) is 1. The number of anilines is 2. The molecule has 1 aliphatic rings. The summed E-state index contributed by atoms with van der Waals surface area (Å²) in [5.74, 6) is 1.17. The number of nitrogens with two attached hydrogens (primary N) is 1. The van der Waals surface area contributed by atoms with Crippen LogP contribution in [0.3, 0.4) is 0 Å². The lowest BCUT2D eigenvalue weighted by Gasteiger charge is -2.32. The summed E-state index contributed by atoms with van der Waals surface area (Å²) in [6.07, 6.45) is 5.57. The Bertz CT molecular complexity index is 860. The zero-order valence-corrected chi connectivity index (χ0v) is 13.7. The molecule has 6 nitrogen and oxygen atoms in total. The second kappa shape index (κ2) is 6.51. The van der Waals surface area contributed by atoms with E-state index in [9.17, 15) is 4.39 Å². The van der Waals surface area contributed by atoms with E-state index in [1.54, 1.807) is 30.6 Å². The Labute approximate surface area is 144 Å². The standard InChI is InChI=1S/C18H19FN6/c19-14-5-3-12(4-6-14)15-10-22-24-17(15)13-2-1-9-25(11-13)18-21-8-7-16(20)23-18/h3-8,10,13H,1-2,9,11H2,(H,22,24)(H2,20,21,23)/t13-/m1/s1. The molecule has 3 N–H and O–H groups in total. The second-order valence-electron chi connectivity index (χ2n) is 6.27. The number of aromatic amines is 1. The molecule has 25 heavy (non-hydrogen) atoms. The van der Waals surface area contributed by atoms with Crippen LogP contribution in [0.15, 0.2) is 42.7 Å². The third-order valence-corrected chi connectivity index (χ3v) is 4.60. The highest BCUT2D eigenvalue weighted by atomic mass is 19.1. The predicted octanol–water partition coefficient (Wildman–Crippen LogP) is 2.97. The van der Waals surface area contributed by atoms with E-state index in [1.165, 1.54) is 12.1 Å². The van der Waals surface area contributed by atoms with Crippen molar-refractivity contribution in [3.63, 3.8) is 0 Å². The zero-order chi connectivity index (χ0) is 17.2. The number of halogens is 1. The number of H-pyrrole nitrogens is 1. The van der Waals surface area contributed by atoms with Crippen molar-refractivity contribution in [1.82, 2.24) is 20.2 Å². The smallest absolute Gasteiger partial charge is 0.227 e. The van der Waals surface area contributed by atoms with Gasteiger partial charge < -0.3 is 10.6 Å². The average molecular weight is 338 g/mol. The van der Waals surface area contributed by atoms with E-state index in [-0.39, 0.29) is 11.7 Å². The fraction of sp³-hybridized carbons (Fsp3) is 0.278. The van der Waals surface area contributed by atoms with Crippen molar-refractivity contribution in [1.29, 1.82) is 0 Å². The van der Waals surface area contributed by atoms with Crippen LogP contribution >= 0.6 is 0 Å². The van der Waals surface area contributed by atoms with Gasteiger partial charge in [0, 0.05) is 36.5 Å². The van der Waals surface area contributed by atoms with Crippen molar-refractivity contribution in [2.24, 2.45) is 0 Å². The van der Waals surface area contributed by atoms with Crippen molar-refractivity contribution in [2.45, 2.75) is 18.8 Å². The molecule has 0 amide bonds. The maximum Gasteiger partial charge on any atom is 0.227 e. The molecular weight excluding hydrogens is 319 g/mol. The first kappa shape index (κ1) is 15.6. The number of piperidine rings is 1. The molecule has 7 heteroatoms. The summed E-state index contributed by atoms with van der Waals surface area (Å²) in [5.41, 5.74) is 8.83. The van der Waals surface area contributed by atoms with E-state index in [2.05, 4.69) is 25.1 Å². The van der Waals surface area contributed by atoms with E-state index >= 15 is 0 Å². The van der Waals surface area contributed by atoms with Crippen LogP contribution in [-0.2, 0) is 0 Å². The Morgan fingerprint density at radius 3 is 2.84 bits per heavy atom. The van der Waals surface area contributed by atoms with E-state index in [1.807, 2.05) is 0 Å². The monoisotopic (exact) mass is 338 g/mol. The van der Waals surface area contributed by atoms with Crippen LogP contribution in [0.1, 0.15) is 24.5 Å². The van der Waals surface area contributed by atoms with Crippen LogP contribution in [0.4, 0.5) is 16.2 Å². The quantitative estimate of drug-likeness (QED) is 0.767. The number of nitrogens with zero attached hydrogens (tertiary/aromatic N) is 4. The summed E-state index contributed by atoms with van der Waals surface area (Å²) in [4.78, 5) is 10.8. The Balaban J connectivity index is 1.60. The van der Waals surface area contributed by atoms with Gasteiger partial charge in [-0.3, -0.25) is 5.10 Å². The van der Waals surface area contributed by atoms with E-state index < -0.39 is 0 Å². The van der Waals surface area contributed by atoms with Gasteiger partial charge in [0.2, 0.25) is 5.95 Å². The van der Waals surface area contributed by atoms with Gasteiger partial charge in [0.1, 0.15) is 11.6 Å². The minimum Gasteiger partial charge on any atom is -0.384 e. The molecule has 1 aromatic carbocycles. The first-order valence-corrected chi connectivity index (χ1v) is 8.33. The highest BCUT2D eigenvalue weighted by Gasteiger charge is 2.26. The fourth-order valence-electron chi connectivity index (χ4n) is 3.38. The second-order valence-corrected chi connectivity index (χ2v) is 6.27. The van der Waals surface area contributed by atoms with Crippen LogP contribution in [0.5, 0.6) is 0 Å². The Kier molecular flexibility index (Phi) is 4.05. The van der Waals surface area contributed by atoms with Crippen LogP contribution < -0.4 is 10.6 Å². The van der Waals surface area contributed by atoms with E-state index in [0.717, 1.165) is 42.8 Å². The van der Waals surface area contributed by atoms with E-state index in [4.69, 9.17) is 5.73 Å². The Morgan fingerprint density at radius 1 is 1.20 bits per heavy atom. The fourth-order valence-corrected chi connectivity index (χ4v) is 3.38. The molecule has 0 bridgehead atoms. The summed E-state index contributed by atoms with van der Waals surface area (Å²) in [5, 5.41) is 7.36. The molecular formula is C18H19FN6. The molecule has 128 valence electrons. The number of rotatable bonds is 3. The third-order valence-electron chi connectivity index (χ3n) is 4.60. The first-order chi connectivity index (χ1) is 12.2. The SMILES string of the molecule is Nc1ccnc(N2CCC[C@@H](c3[nH]ncc3-c3ccc(F)cc3)C2)n1. The summed E-state index contributed by atoms with van der Waals surface area (Å²) >= 11 is 0. The molecule has 1 aliphatic heterocycles. The molecule has 0 radical (unpaired) electrons. The van der Waals surface area contributed by atoms with Gasteiger partial charge in [-0.25, -0.2) is 9.37 Å². The molecule has 0 saturated carbocycles. The molecule has 3 aromatic rings. The highest BCUT2D eigenvalue weighted by Crippen LogP contribution is 2.33. The Morgan fingerprint density at radius 2 is 2.04 bits per heavy atom. The lowest BCUT2D eigenvalue weighted by Crippen LogP contribution is -2.36. The third kappa shape index (κ3) is 3.17. The van der Waals surface area contributed by atoms with Crippen molar-refractivity contribution in [3.05, 3.63) is 54.2 Å². The minimum absolute atomic E-state index is 0.239. The normalized spacial score (nSPS) is 17.6. The lowest BCUT2D eigenvalue weighted by atomic mass is 9.91. The number of aromatic nitrogens is 4. The van der Waals surface area contributed by atoms with Crippen molar-refractivity contribution in [3.8, 4) is 11.1 Å². The first-order valence-electron chi connectivity index (χ1n) is 8.33. The van der Waals surface area contributed by atoms with E-state index in [0.29, 0.717) is 11.8 Å². The van der Waals surface area contributed by atoms with Gasteiger partial charge in [-0.2, -0.15) is 10.1 Å².